The molecule has 2 aromatic carbocycles. The Morgan fingerprint density at radius 3 is 2.04 bits per heavy atom. The molecule has 2 aromatic rings. The predicted molar refractivity (Wildman–Crippen MR) is 90.9 cm³/mol. The molecule has 0 aliphatic heterocycles. The van der Waals surface area contributed by atoms with Gasteiger partial charge in [-0.15, -0.1) is 0 Å². The van der Waals surface area contributed by atoms with Crippen molar-refractivity contribution in [3.8, 4) is 34.5 Å². The first-order valence-corrected chi connectivity index (χ1v) is 7.19. The Morgan fingerprint density at radius 1 is 0.920 bits per heavy atom. The smallest absolute Gasteiger partial charge is 0.204 e. The van der Waals surface area contributed by atoms with Crippen molar-refractivity contribution in [3.63, 3.8) is 0 Å². The number of phenolic OH excluding ortho intramolecular Hbond substituents is 3. The minimum atomic E-state index is -0.620. The van der Waals surface area contributed by atoms with E-state index in [4.69, 9.17) is 14.2 Å². The lowest BCUT2D eigenvalue weighted by Crippen LogP contribution is -2.02. The summed E-state index contributed by atoms with van der Waals surface area (Å²) in [6.45, 7) is 0. The predicted octanol–water partition coefficient (Wildman–Crippen LogP) is 2.73. The van der Waals surface area contributed by atoms with Crippen molar-refractivity contribution in [1.82, 2.24) is 0 Å². The van der Waals surface area contributed by atoms with Gasteiger partial charge in [0, 0.05) is 0 Å². The van der Waals surface area contributed by atoms with Gasteiger partial charge >= 0.3 is 0 Å². The third kappa shape index (κ3) is 3.60. The molecule has 0 aliphatic carbocycles. The lowest BCUT2D eigenvalue weighted by atomic mass is 10.1. The number of benzene rings is 2. The van der Waals surface area contributed by atoms with Gasteiger partial charge in [-0.1, -0.05) is 6.08 Å². The lowest BCUT2D eigenvalue weighted by molar-refractivity contribution is 0.104. The highest BCUT2D eigenvalue weighted by molar-refractivity contribution is 6.09. The minimum Gasteiger partial charge on any atom is -0.504 e. The molecule has 0 aliphatic rings. The highest BCUT2D eigenvalue weighted by Gasteiger charge is 2.19. The average molecular weight is 346 g/mol. The second kappa shape index (κ2) is 7.48. The molecule has 7 nitrogen and oxygen atoms in total. The standard InChI is InChI=1S/C18H18O7/c1-23-15-7-5-11(17(24-2)18(15)25-3)12(19)6-4-10-8-13(20)16(22)14(21)9-10/h4-9,20-22H,1-3H3/b6-4+. The van der Waals surface area contributed by atoms with E-state index in [1.165, 1.54) is 45.6 Å². The fraction of sp³-hybridized carbons (Fsp3) is 0.167. The molecule has 0 saturated heterocycles. The van der Waals surface area contributed by atoms with Crippen molar-refractivity contribution in [2.24, 2.45) is 0 Å². The number of ether oxygens (including phenoxy) is 3. The Morgan fingerprint density at radius 2 is 1.52 bits per heavy atom. The van der Waals surface area contributed by atoms with Crippen LogP contribution in [0.5, 0.6) is 34.5 Å². The number of rotatable bonds is 6. The second-order valence-electron chi connectivity index (χ2n) is 4.99. The molecule has 25 heavy (non-hydrogen) atoms. The lowest BCUT2D eigenvalue weighted by Gasteiger charge is -2.14. The summed E-state index contributed by atoms with van der Waals surface area (Å²) in [6, 6.07) is 5.55. The number of hydrogen-bond donors (Lipinski definition) is 3. The minimum absolute atomic E-state index is 0.230. The molecule has 0 amide bonds. The zero-order valence-corrected chi connectivity index (χ0v) is 13.9. The van der Waals surface area contributed by atoms with Crippen molar-refractivity contribution >= 4 is 11.9 Å². The zero-order valence-electron chi connectivity index (χ0n) is 13.9. The second-order valence-corrected chi connectivity index (χ2v) is 4.99. The van der Waals surface area contributed by atoms with Crippen molar-refractivity contribution in [3.05, 3.63) is 41.5 Å². The van der Waals surface area contributed by atoms with Crippen LogP contribution in [0.3, 0.4) is 0 Å². The molecule has 0 bridgehead atoms. The first-order chi connectivity index (χ1) is 11.9. The zero-order chi connectivity index (χ0) is 18.6. The van der Waals surface area contributed by atoms with Gasteiger partial charge in [0.05, 0.1) is 26.9 Å². The molecule has 132 valence electrons. The summed E-state index contributed by atoms with van der Waals surface area (Å²) in [4.78, 5) is 12.5. The van der Waals surface area contributed by atoms with Gasteiger partial charge in [-0.2, -0.15) is 0 Å². The van der Waals surface area contributed by atoms with Crippen LogP contribution in [0.1, 0.15) is 15.9 Å². The van der Waals surface area contributed by atoms with Crippen LogP contribution in [-0.4, -0.2) is 42.4 Å². The van der Waals surface area contributed by atoms with E-state index in [0.29, 0.717) is 17.1 Å². The fourth-order valence-corrected chi connectivity index (χ4v) is 2.28. The Labute approximate surface area is 144 Å². The molecular weight excluding hydrogens is 328 g/mol. The molecule has 3 N–H and O–H groups in total. The molecule has 0 aromatic heterocycles. The monoisotopic (exact) mass is 346 g/mol. The van der Waals surface area contributed by atoms with E-state index in [2.05, 4.69) is 0 Å². The summed E-state index contributed by atoms with van der Waals surface area (Å²) in [6.07, 6.45) is 2.63. The number of allylic oxidation sites excluding steroid dienone is 1. The van der Waals surface area contributed by atoms with Crippen LogP contribution in [0.15, 0.2) is 30.3 Å². The number of methoxy groups -OCH3 is 3. The van der Waals surface area contributed by atoms with Gasteiger partial charge in [0.15, 0.2) is 34.5 Å². The summed E-state index contributed by atoms with van der Waals surface area (Å²) in [5, 5.41) is 28.3. The number of carbonyl (C=O) groups is 1. The van der Waals surface area contributed by atoms with Crippen LogP contribution in [-0.2, 0) is 0 Å². The van der Waals surface area contributed by atoms with E-state index in [9.17, 15) is 20.1 Å². The third-order valence-electron chi connectivity index (χ3n) is 3.49. The summed E-state index contributed by atoms with van der Waals surface area (Å²) in [5.41, 5.74) is 0.587. The van der Waals surface area contributed by atoms with Gasteiger partial charge in [0.25, 0.3) is 0 Å². The quantitative estimate of drug-likeness (QED) is 0.419. The number of phenols is 3. The van der Waals surface area contributed by atoms with Gasteiger partial charge in [0.2, 0.25) is 5.75 Å². The molecule has 7 heteroatoms. The largest absolute Gasteiger partial charge is 0.504 e. The number of aromatic hydroxyl groups is 3. The molecule has 0 heterocycles. The van der Waals surface area contributed by atoms with Crippen LogP contribution >= 0.6 is 0 Å². The molecule has 2 rings (SSSR count). The summed E-state index contributed by atoms with van der Waals surface area (Å²) >= 11 is 0. The Bertz CT molecular complexity index is 801. The van der Waals surface area contributed by atoms with E-state index in [-0.39, 0.29) is 17.1 Å². The Balaban J connectivity index is 2.38. The van der Waals surface area contributed by atoms with E-state index in [1.54, 1.807) is 12.1 Å². The van der Waals surface area contributed by atoms with Crippen molar-refractivity contribution < 1.29 is 34.3 Å². The number of ketones is 1. The molecule has 0 unspecified atom stereocenters. The van der Waals surface area contributed by atoms with Crippen LogP contribution in [0.4, 0.5) is 0 Å². The third-order valence-corrected chi connectivity index (χ3v) is 3.49. The van der Waals surface area contributed by atoms with Crippen molar-refractivity contribution in [2.45, 2.75) is 0 Å². The topological polar surface area (TPSA) is 105 Å². The SMILES string of the molecule is COc1ccc(C(=O)/C=C/c2cc(O)c(O)c(O)c2)c(OC)c1OC. The van der Waals surface area contributed by atoms with Crippen molar-refractivity contribution in [1.29, 1.82) is 0 Å². The summed E-state index contributed by atoms with van der Waals surface area (Å²) in [5.74, 6) is -1.04. The number of carbonyl (C=O) groups excluding carboxylic acids is 1. The van der Waals surface area contributed by atoms with Gasteiger partial charge in [-0.25, -0.2) is 0 Å². The maximum atomic E-state index is 12.5. The highest BCUT2D eigenvalue weighted by Crippen LogP contribution is 2.40. The summed E-state index contributed by atoms with van der Waals surface area (Å²) in [7, 11) is 4.32. The first-order valence-electron chi connectivity index (χ1n) is 7.19. The maximum absolute atomic E-state index is 12.5. The van der Waals surface area contributed by atoms with Crippen LogP contribution in [0, 0.1) is 0 Å². The molecule has 0 fully saturated rings. The highest BCUT2D eigenvalue weighted by atomic mass is 16.5. The normalized spacial score (nSPS) is 10.7. The van der Waals surface area contributed by atoms with E-state index < -0.39 is 17.2 Å². The van der Waals surface area contributed by atoms with E-state index in [1.807, 2.05) is 0 Å². The Hall–Kier alpha value is -3.35. The van der Waals surface area contributed by atoms with Crippen LogP contribution < -0.4 is 14.2 Å². The Kier molecular flexibility index (Phi) is 5.38. The fourth-order valence-electron chi connectivity index (χ4n) is 2.28. The van der Waals surface area contributed by atoms with Gasteiger partial charge < -0.3 is 29.5 Å². The molecule has 0 atom stereocenters. The molecular formula is C18H18O7. The van der Waals surface area contributed by atoms with Crippen LogP contribution in [0.2, 0.25) is 0 Å². The molecule has 0 spiro atoms. The summed E-state index contributed by atoms with van der Waals surface area (Å²) < 4.78 is 15.7. The maximum Gasteiger partial charge on any atom is 0.204 e. The van der Waals surface area contributed by atoms with Gasteiger partial charge in [-0.3, -0.25) is 4.79 Å². The van der Waals surface area contributed by atoms with Gasteiger partial charge in [-0.05, 0) is 35.9 Å². The number of hydrogen-bond acceptors (Lipinski definition) is 7. The van der Waals surface area contributed by atoms with E-state index in [0.717, 1.165) is 0 Å². The molecule has 0 radical (unpaired) electrons. The first kappa shape index (κ1) is 18.0. The van der Waals surface area contributed by atoms with Gasteiger partial charge in [0.1, 0.15) is 0 Å². The average Bonchev–Trinajstić information content (AvgIpc) is 2.62. The van der Waals surface area contributed by atoms with Crippen molar-refractivity contribution in [2.75, 3.05) is 21.3 Å². The van der Waals surface area contributed by atoms with Crippen LogP contribution in [0.25, 0.3) is 6.08 Å². The van der Waals surface area contributed by atoms with E-state index >= 15 is 0 Å². The molecule has 0 saturated carbocycles.